The van der Waals surface area contributed by atoms with Gasteiger partial charge in [0.05, 0.1) is 25.4 Å². The zero-order valence-corrected chi connectivity index (χ0v) is 54.0. The molecule has 0 aromatic carbocycles. The minimum atomic E-state index is -1.55. The van der Waals surface area contributed by atoms with E-state index < -0.39 is 49.5 Å². The Labute approximate surface area is 507 Å². The zero-order chi connectivity index (χ0) is 59.3. The van der Waals surface area contributed by atoms with Crippen LogP contribution in [-0.4, -0.2) is 87.5 Å². The minimum Gasteiger partial charge on any atom is -0.394 e. The highest BCUT2D eigenvalue weighted by Crippen LogP contribution is 2.24. The van der Waals surface area contributed by atoms with Crippen molar-refractivity contribution in [3.8, 4) is 0 Å². The lowest BCUT2D eigenvalue weighted by Crippen LogP contribution is -2.60. The summed E-state index contributed by atoms with van der Waals surface area (Å²) in [6, 6.07) is -0.720. The second kappa shape index (κ2) is 62.2. The van der Waals surface area contributed by atoms with Gasteiger partial charge < -0.3 is 40.3 Å². The molecule has 82 heavy (non-hydrogen) atoms. The summed E-state index contributed by atoms with van der Waals surface area (Å²) in [5.74, 6) is -0.137. The lowest BCUT2D eigenvalue weighted by molar-refractivity contribution is -0.302. The Morgan fingerprint density at radius 1 is 0.427 bits per heavy atom. The van der Waals surface area contributed by atoms with Crippen LogP contribution < -0.4 is 5.32 Å². The van der Waals surface area contributed by atoms with Crippen LogP contribution in [0.1, 0.15) is 354 Å². The Balaban J connectivity index is 2.09. The zero-order valence-electron chi connectivity index (χ0n) is 54.0. The van der Waals surface area contributed by atoms with Crippen LogP contribution in [-0.2, 0) is 14.3 Å². The number of rotatable bonds is 63. The number of carbonyl (C=O) groups is 1. The fourth-order valence-electron chi connectivity index (χ4n) is 11.6. The number of ether oxygens (including phenoxy) is 2. The van der Waals surface area contributed by atoms with Crippen LogP contribution >= 0.6 is 0 Å². The summed E-state index contributed by atoms with van der Waals surface area (Å²) >= 11 is 0. The fourth-order valence-corrected chi connectivity index (χ4v) is 11.6. The number of amides is 1. The molecule has 0 aromatic heterocycles. The monoisotopic (exact) mass is 1160 g/mol. The normalized spacial score (nSPS) is 18.5. The number of hydrogen-bond acceptors (Lipinski definition) is 8. The van der Waals surface area contributed by atoms with Gasteiger partial charge in [0.1, 0.15) is 24.4 Å². The van der Waals surface area contributed by atoms with Gasteiger partial charge in [-0.15, -0.1) is 0 Å². The number of aliphatic hydroxyl groups is 5. The van der Waals surface area contributed by atoms with Gasteiger partial charge in [0.25, 0.3) is 0 Å². The quantitative estimate of drug-likeness (QED) is 0.0261. The molecule has 0 aliphatic carbocycles. The third-order valence-electron chi connectivity index (χ3n) is 17.2. The molecule has 1 rings (SSSR count). The summed E-state index contributed by atoms with van der Waals surface area (Å²) in [6.07, 6.45) is 77.6. The van der Waals surface area contributed by atoms with Crippen molar-refractivity contribution in [1.82, 2.24) is 5.32 Å². The molecular formula is C73H137NO8. The van der Waals surface area contributed by atoms with E-state index in [9.17, 15) is 30.3 Å². The molecule has 0 saturated carbocycles. The summed E-state index contributed by atoms with van der Waals surface area (Å²) in [5.41, 5.74) is 0. The van der Waals surface area contributed by atoms with E-state index in [-0.39, 0.29) is 12.5 Å². The van der Waals surface area contributed by atoms with E-state index in [1.165, 1.54) is 263 Å². The van der Waals surface area contributed by atoms with Gasteiger partial charge in [0.2, 0.25) is 5.91 Å². The largest absolute Gasteiger partial charge is 0.394 e. The molecule has 0 spiro atoms. The summed E-state index contributed by atoms with van der Waals surface area (Å²) in [5, 5.41) is 55.0. The van der Waals surface area contributed by atoms with Crippen LogP contribution in [0.3, 0.4) is 0 Å². The van der Waals surface area contributed by atoms with E-state index in [0.29, 0.717) is 12.8 Å². The van der Waals surface area contributed by atoms with Gasteiger partial charge >= 0.3 is 0 Å². The second-order valence-corrected chi connectivity index (χ2v) is 25.0. The Kier molecular flexibility index (Phi) is 59.3. The van der Waals surface area contributed by atoms with Crippen molar-refractivity contribution in [2.45, 2.75) is 397 Å². The lowest BCUT2D eigenvalue weighted by atomic mass is 9.99. The van der Waals surface area contributed by atoms with Crippen LogP contribution in [0.25, 0.3) is 0 Å². The Morgan fingerprint density at radius 2 is 0.756 bits per heavy atom. The van der Waals surface area contributed by atoms with Gasteiger partial charge in [0, 0.05) is 6.42 Å². The van der Waals surface area contributed by atoms with E-state index in [2.05, 4.69) is 67.8 Å². The summed E-state index contributed by atoms with van der Waals surface area (Å²) in [7, 11) is 0. The molecule has 482 valence electrons. The third-order valence-corrected chi connectivity index (χ3v) is 17.2. The topological polar surface area (TPSA) is 149 Å². The summed E-state index contributed by atoms with van der Waals surface area (Å²) in [4.78, 5) is 13.2. The van der Waals surface area contributed by atoms with Crippen molar-refractivity contribution in [2.24, 2.45) is 0 Å². The molecule has 9 heteroatoms. The Morgan fingerprint density at radius 3 is 1.12 bits per heavy atom. The molecule has 1 heterocycles. The molecule has 6 N–H and O–H groups in total. The number of allylic oxidation sites excluding steroid dienone is 8. The molecule has 0 aromatic rings. The highest BCUT2D eigenvalue weighted by atomic mass is 16.7. The number of nitrogens with one attached hydrogen (secondary N) is 1. The van der Waals surface area contributed by atoms with E-state index in [1.54, 1.807) is 0 Å². The van der Waals surface area contributed by atoms with Crippen molar-refractivity contribution in [3.63, 3.8) is 0 Å². The smallest absolute Gasteiger partial charge is 0.220 e. The highest BCUT2D eigenvalue weighted by molar-refractivity contribution is 5.76. The molecule has 1 aliphatic rings. The van der Waals surface area contributed by atoms with Gasteiger partial charge in [-0.05, 0) is 51.4 Å². The van der Waals surface area contributed by atoms with Gasteiger partial charge in [-0.25, -0.2) is 0 Å². The molecule has 1 aliphatic heterocycles. The average Bonchev–Trinajstić information content (AvgIpc) is 3.57. The van der Waals surface area contributed by atoms with Crippen LogP contribution in [0.5, 0.6) is 0 Å². The van der Waals surface area contributed by atoms with Crippen LogP contribution in [0.2, 0.25) is 0 Å². The molecule has 0 bridgehead atoms. The summed E-state index contributed by atoms with van der Waals surface area (Å²) in [6.45, 7) is 3.78. The maximum absolute atomic E-state index is 13.2. The second-order valence-electron chi connectivity index (χ2n) is 25.0. The highest BCUT2D eigenvalue weighted by Gasteiger charge is 2.44. The third kappa shape index (κ3) is 50.3. The van der Waals surface area contributed by atoms with Crippen molar-refractivity contribution >= 4 is 5.91 Å². The first-order valence-electron chi connectivity index (χ1n) is 35.8. The molecule has 1 amide bonds. The Bertz CT molecular complexity index is 1430. The average molecular weight is 1160 g/mol. The molecule has 1 fully saturated rings. The van der Waals surface area contributed by atoms with Gasteiger partial charge in [-0.3, -0.25) is 4.79 Å². The molecule has 7 unspecified atom stereocenters. The van der Waals surface area contributed by atoms with E-state index in [4.69, 9.17) is 9.47 Å². The first kappa shape index (κ1) is 78.2. The molecule has 9 nitrogen and oxygen atoms in total. The van der Waals surface area contributed by atoms with Crippen molar-refractivity contribution in [1.29, 1.82) is 0 Å². The Hall–Kier alpha value is -1.85. The first-order chi connectivity index (χ1) is 40.3. The van der Waals surface area contributed by atoms with Crippen LogP contribution in [0.15, 0.2) is 48.6 Å². The maximum Gasteiger partial charge on any atom is 0.220 e. The number of carbonyl (C=O) groups excluding carboxylic acids is 1. The first-order valence-corrected chi connectivity index (χ1v) is 35.8. The lowest BCUT2D eigenvalue weighted by Gasteiger charge is -2.40. The van der Waals surface area contributed by atoms with Crippen molar-refractivity contribution in [2.75, 3.05) is 13.2 Å². The van der Waals surface area contributed by atoms with Gasteiger partial charge in [0.15, 0.2) is 6.29 Å². The van der Waals surface area contributed by atoms with Crippen molar-refractivity contribution < 1.29 is 39.8 Å². The molecule has 1 saturated heterocycles. The molecular weight excluding hydrogens is 1020 g/mol. The predicted octanol–water partition coefficient (Wildman–Crippen LogP) is 19.6. The molecule has 0 radical (unpaired) electrons. The minimum absolute atomic E-state index is 0.134. The maximum atomic E-state index is 13.2. The van der Waals surface area contributed by atoms with E-state index in [1.807, 2.05) is 0 Å². The number of hydrogen-bond donors (Lipinski definition) is 6. The summed E-state index contributed by atoms with van der Waals surface area (Å²) < 4.78 is 11.4. The van der Waals surface area contributed by atoms with Crippen molar-refractivity contribution in [3.05, 3.63) is 48.6 Å². The standard InChI is InChI=1S/C73H137NO8/c1-3-5-7-9-11-13-15-17-19-21-23-25-27-29-31-32-33-34-35-36-37-39-41-43-45-47-49-51-53-55-57-59-61-63-69(77)74-66(65-81-73-72(80)71(79)70(78)68(64-75)82-73)67(76)62-60-58-56-54-52-50-48-46-44-42-40-38-30-28-26-24-22-20-18-16-14-12-10-8-6-4-2/h5,7,11,13,17,19,23,25,66-68,70-73,75-76,78-80H,3-4,6,8-10,12,14-16,18,20-22,24,26-65H2,1-2H3,(H,74,77)/b7-5-,13-11-,19-17-,25-23-. The van der Waals surface area contributed by atoms with Gasteiger partial charge in [-0.1, -0.05) is 345 Å². The molecule has 7 atom stereocenters. The van der Waals surface area contributed by atoms with E-state index in [0.717, 1.165) is 64.2 Å². The van der Waals surface area contributed by atoms with Crippen LogP contribution in [0, 0.1) is 0 Å². The SMILES string of the molecule is CC/C=C\C/C=C\C/C=C\C/C=C\CCCCCCCCCCCCCCCCCCCCCCC(=O)NC(COC1OC(CO)C(O)C(O)C1O)C(O)CCCCCCCCCCCCCCCCCCCCCCCCCCCC. The van der Waals surface area contributed by atoms with Crippen LogP contribution in [0.4, 0.5) is 0 Å². The predicted molar refractivity (Wildman–Crippen MR) is 350 cm³/mol. The van der Waals surface area contributed by atoms with Gasteiger partial charge in [-0.2, -0.15) is 0 Å². The fraction of sp³-hybridized carbons (Fsp3) is 0.877. The van der Waals surface area contributed by atoms with E-state index >= 15 is 0 Å². The number of unbranched alkanes of at least 4 members (excludes halogenated alkanes) is 45. The number of aliphatic hydroxyl groups excluding tert-OH is 5.